The van der Waals surface area contributed by atoms with E-state index in [2.05, 4.69) is 52.9 Å². The van der Waals surface area contributed by atoms with E-state index in [0.717, 1.165) is 22.0 Å². The normalized spacial score (nSPS) is 11.9. The van der Waals surface area contributed by atoms with Crippen LogP contribution in [0, 0.1) is 10.1 Å². The third-order valence-electron chi connectivity index (χ3n) is 7.75. The van der Waals surface area contributed by atoms with E-state index in [4.69, 9.17) is 21.7 Å². The molecule has 0 radical (unpaired) electrons. The van der Waals surface area contributed by atoms with E-state index in [-0.39, 0.29) is 12.1 Å². The number of hydrogen-bond donors (Lipinski definition) is 7. The standard InChI is InChI=1S/C13H13N3O4.C13H14N2O2.C10H9N/c1-2-7-3-4-10(16(19)20)12-11(7)8(6-15-12)5-9(14)13(17)18;1-2-8-4-3-5-11-12(8)9(7-15-11)6-10(14)13(16)17;1-2-8-4-3-5-10-9(8)6-7-11-10/h2-4,6,9,15H,1,5,14H2,(H,17,18);2-5,7,10,15H,1,6,14H2,(H,16,17);2-7,11H,1H2/t9-;10-;/m00./s1. The Labute approximate surface area is 275 Å². The number of rotatable bonds is 10. The van der Waals surface area contributed by atoms with Crippen LogP contribution < -0.4 is 11.5 Å². The number of nitro benzene ring substituents is 1. The first kappa shape index (κ1) is 34.6. The van der Waals surface area contributed by atoms with Crippen LogP contribution in [0.25, 0.3) is 50.9 Å². The van der Waals surface area contributed by atoms with Crippen molar-refractivity contribution < 1.29 is 24.7 Å². The Morgan fingerprint density at radius 1 is 0.750 bits per heavy atom. The second-order valence-electron chi connectivity index (χ2n) is 10.8. The highest BCUT2D eigenvalue weighted by Crippen LogP contribution is 2.31. The van der Waals surface area contributed by atoms with E-state index in [1.54, 1.807) is 30.6 Å². The van der Waals surface area contributed by atoms with Crippen LogP contribution in [0.15, 0.2) is 92.9 Å². The Morgan fingerprint density at radius 3 is 1.88 bits per heavy atom. The minimum Gasteiger partial charge on any atom is -0.480 e. The number of aromatic nitrogens is 3. The minimum absolute atomic E-state index is 0.0688. The summed E-state index contributed by atoms with van der Waals surface area (Å²) in [5.41, 5.74) is 17.9. The summed E-state index contributed by atoms with van der Waals surface area (Å²) >= 11 is 0. The molecule has 0 fully saturated rings. The third-order valence-corrected chi connectivity index (χ3v) is 7.75. The van der Waals surface area contributed by atoms with Gasteiger partial charge in [0.25, 0.3) is 5.69 Å². The molecule has 6 aromatic rings. The van der Waals surface area contributed by atoms with Gasteiger partial charge in [-0.2, -0.15) is 0 Å². The number of carbonyl (C=O) groups is 2. The highest BCUT2D eigenvalue weighted by molar-refractivity contribution is 5.97. The van der Waals surface area contributed by atoms with E-state index in [1.165, 1.54) is 22.5 Å². The van der Waals surface area contributed by atoms with Crippen LogP contribution >= 0.6 is 0 Å². The van der Waals surface area contributed by atoms with Gasteiger partial charge in [0, 0.05) is 64.7 Å². The van der Waals surface area contributed by atoms with Gasteiger partial charge in [-0.1, -0.05) is 62.2 Å². The van der Waals surface area contributed by atoms with Crippen LogP contribution in [0.1, 0.15) is 27.8 Å². The number of carboxylic acids is 2. The molecule has 2 atom stereocenters. The Hall–Kier alpha value is -6.24. The van der Waals surface area contributed by atoms with Gasteiger partial charge in [0.1, 0.15) is 17.6 Å². The van der Waals surface area contributed by atoms with Crippen LogP contribution in [-0.4, -0.2) is 54.1 Å². The van der Waals surface area contributed by atoms with E-state index < -0.39 is 28.9 Å². The molecule has 0 bridgehead atoms. The predicted octanol–water partition coefficient (Wildman–Crippen LogP) is 6.25. The fraction of sp³-hybridized carbons (Fsp3) is 0.111. The van der Waals surface area contributed by atoms with Crippen molar-refractivity contribution in [2.24, 2.45) is 11.5 Å². The molecule has 6 rings (SSSR count). The molecule has 0 spiro atoms. The SMILES string of the molecule is C=Cc1ccc([N+](=O)[O-])c2[nH]cc(C[C@H](N)C(=O)O)c12.C=Cc1cccc2[nH]cc(C[C@H](N)C(=O)O)c12.C=Cc1cccc2[nH]ccc12. The van der Waals surface area contributed by atoms with Crippen molar-refractivity contribution in [2.75, 3.05) is 0 Å². The summed E-state index contributed by atoms with van der Waals surface area (Å²) in [5.74, 6) is -2.11. The van der Waals surface area contributed by atoms with Crippen molar-refractivity contribution in [2.45, 2.75) is 24.9 Å². The molecular weight excluding hydrogens is 612 g/mol. The van der Waals surface area contributed by atoms with Crippen LogP contribution in [0.2, 0.25) is 0 Å². The lowest BCUT2D eigenvalue weighted by Crippen LogP contribution is -2.32. The summed E-state index contributed by atoms with van der Waals surface area (Å²) in [6, 6.07) is 15.0. The van der Waals surface area contributed by atoms with Crippen molar-refractivity contribution in [1.29, 1.82) is 0 Å². The van der Waals surface area contributed by atoms with E-state index in [1.807, 2.05) is 36.5 Å². The zero-order chi connectivity index (χ0) is 35.0. The molecular formula is C36H36N6O6. The molecule has 0 unspecified atom stereocenters. The van der Waals surface area contributed by atoms with Crippen LogP contribution in [0.3, 0.4) is 0 Å². The fourth-order valence-electron chi connectivity index (χ4n) is 5.37. The summed E-state index contributed by atoms with van der Waals surface area (Å²) in [6.45, 7) is 11.2. The van der Waals surface area contributed by atoms with Gasteiger partial charge in [-0.05, 0) is 52.1 Å². The van der Waals surface area contributed by atoms with Crippen LogP contribution in [0.4, 0.5) is 5.69 Å². The van der Waals surface area contributed by atoms with Crippen molar-refractivity contribution in [3.8, 4) is 0 Å². The maximum atomic E-state index is 11.0. The van der Waals surface area contributed by atoms with Crippen LogP contribution in [0.5, 0.6) is 0 Å². The first-order chi connectivity index (χ1) is 23.0. The molecule has 12 heteroatoms. The molecule has 3 heterocycles. The molecule has 9 N–H and O–H groups in total. The Kier molecular flexibility index (Phi) is 11.1. The topological polar surface area (TPSA) is 217 Å². The molecule has 3 aromatic heterocycles. The molecule has 0 saturated carbocycles. The number of nitro groups is 1. The number of non-ortho nitro benzene ring substituents is 1. The highest BCUT2D eigenvalue weighted by Gasteiger charge is 2.21. The quantitative estimate of drug-likeness (QED) is 0.0663. The molecule has 0 aliphatic carbocycles. The zero-order valence-corrected chi connectivity index (χ0v) is 26.0. The zero-order valence-electron chi connectivity index (χ0n) is 26.0. The van der Waals surface area contributed by atoms with Crippen molar-refractivity contribution >= 4 is 68.6 Å². The number of nitrogens with one attached hydrogen (secondary N) is 3. The number of nitrogens with two attached hydrogens (primary N) is 2. The van der Waals surface area contributed by atoms with Crippen molar-refractivity contribution in [1.82, 2.24) is 15.0 Å². The second-order valence-corrected chi connectivity index (χ2v) is 10.8. The highest BCUT2D eigenvalue weighted by atomic mass is 16.6. The number of H-pyrrole nitrogens is 3. The number of carboxylic acid groups (broad SMARTS) is 2. The maximum absolute atomic E-state index is 11.0. The number of benzene rings is 3. The summed E-state index contributed by atoms with van der Waals surface area (Å²) in [5, 5.41) is 31.5. The van der Waals surface area contributed by atoms with Gasteiger partial charge in [-0.25, -0.2) is 0 Å². The Balaban J connectivity index is 0.000000169. The molecule has 0 aliphatic heterocycles. The summed E-state index contributed by atoms with van der Waals surface area (Å²) in [7, 11) is 0. The van der Waals surface area contributed by atoms with Gasteiger partial charge in [-0.15, -0.1) is 0 Å². The molecule has 0 saturated heterocycles. The lowest BCUT2D eigenvalue weighted by Gasteiger charge is -2.06. The van der Waals surface area contributed by atoms with Crippen molar-refractivity contribution in [3.63, 3.8) is 0 Å². The average Bonchev–Trinajstić information content (AvgIpc) is 3.84. The van der Waals surface area contributed by atoms with Crippen LogP contribution in [-0.2, 0) is 22.4 Å². The van der Waals surface area contributed by atoms with E-state index >= 15 is 0 Å². The minimum atomic E-state index is -1.12. The third kappa shape index (κ3) is 7.58. The lowest BCUT2D eigenvalue weighted by atomic mass is 10.0. The molecule has 12 nitrogen and oxygen atoms in total. The lowest BCUT2D eigenvalue weighted by molar-refractivity contribution is -0.383. The maximum Gasteiger partial charge on any atom is 0.320 e. The fourth-order valence-corrected chi connectivity index (χ4v) is 5.37. The van der Waals surface area contributed by atoms with Gasteiger partial charge in [-0.3, -0.25) is 19.7 Å². The van der Waals surface area contributed by atoms with E-state index in [9.17, 15) is 19.7 Å². The van der Waals surface area contributed by atoms with Gasteiger partial charge >= 0.3 is 11.9 Å². The monoisotopic (exact) mass is 648 g/mol. The molecule has 48 heavy (non-hydrogen) atoms. The van der Waals surface area contributed by atoms with E-state index in [0.29, 0.717) is 28.5 Å². The second kappa shape index (κ2) is 15.4. The molecule has 3 aromatic carbocycles. The molecule has 246 valence electrons. The predicted molar refractivity (Wildman–Crippen MR) is 190 cm³/mol. The number of nitrogens with zero attached hydrogens (tertiary/aromatic N) is 1. The number of fused-ring (bicyclic) bond motifs is 3. The largest absolute Gasteiger partial charge is 0.480 e. The first-order valence-corrected chi connectivity index (χ1v) is 14.8. The van der Waals surface area contributed by atoms with Gasteiger partial charge in [0.05, 0.1) is 4.92 Å². The Morgan fingerprint density at radius 2 is 1.29 bits per heavy atom. The summed E-state index contributed by atoms with van der Waals surface area (Å²) < 4.78 is 0. The Bertz CT molecular complexity index is 2140. The van der Waals surface area contributed by atoms with Crippen molar-refractivity contribution in [3.05, 3.63) is 131 Å². The number of aromatic amines is 3. The average molecular weight is 649 g/mol. The number of aliphatic carboxylic acids is 2. The first-order valence-electron chi connectivity index (χ1n) is 14.8. The number of hydrogen-bond acceptors (Lipinski definition) is 6. The summed E-state index contributed by atoms with van der Waals surface area (Å²) in [4.78, 5) is 41.2. The molecule has 0 amide bonds. The molecule has 0 aliphatic rings. The smallest absolute Gasteiger partial charge is 0.320 e. The van der Waals surface area contributed by atoms with Gasteiger partial charge in [0.2, 0.25) is 0 Å². The summed E-state index contributed by atoms with van der Waals surface area (Å²) in [6.07, 6.45) is 10.9. The van der Waals surface area contributed by atoms with Gasteiger partial charge < -0.3 is 36.6 Å². The van der Waals surface area contributed by atoms with Gasteiger partial charge in [0.15, 0.2) is 0 Å².